The molecule has 1 aromatic rings. The maximum atomic E-state index is 9.01. The van der Waals surface area contributed by atoms with Gasteiger partial charge in [0, 0.05) is 31.9 Å². The molecule has 1 aromatic carbocycles. The number of nitrogens with one attached hydrogen (secondary N) is 1. The highest BCUT2D eigenvalue weighted by Crippen LogP contribution is 2.28. The Morgan fingerprint density at radius 1 is 1.29 bits per heavy atom. The van der Waals surface area contributed by atoms with Crippen LogP contribution in [0.3, 0.4) is 0 Å². The summed E-state index contributed by atoms with van der Waals surface area (Å²) in [5, 5.41) is 12.4. The van der Waals surface area contributed by atoms with E-state index in [2.05, 4.69) is 36.2 Å². The van der Waals surface area contributed by atoms with Crippen molar-refractivity contribution >= 4 is 5.69 Å². The number of hydrogen-bond donors (Lipinski definition) is 1. The fraction of sp³-hybridized carbons (Fsp3) is 0.500. The van der Waals surface area contributed by atoms with Crippen LogP contribution in [0.15, 0.2) is 18.2 Å². The van der Waals surface area contributed by atoms with Crippen LogP contribution in [-0.2, 0) is 0 Å². The lowest BCUT2D eigenvalue weighted by atomic mass is 9.98. The second-order valence-corrected chi connectivity index (χ2v) is 4.78. The maximum Gasteiger partial charge on any atom is 0.0992 e. The minimum absolute atomic E-state index is 0.493. The van der Waals surface area contributed by atoms with Crippen molar-refractivity contribution in [1.29, 1.82) is 5.26 Å². The van der Waals surface area contributed by atoms with E-state index in [9.17, 15) is 0 Å². The van der Waals surface area contributed by atoms with Crippen LogP contribution in [0.25, 0.3) is 0 Å². The second-order valence-electron chi connectivity index (χ2n) is 4.78. The Labute approximate surface area is 103 Å². The Balaban J connectivity index is 2.37. The standard InChI is InChI=1S/C14H19N3/c1-11(2)13-4-3-12(10-15)9-14(13)17-7-5-16-6-8-17/h3-4,9,11,16H,5-8H2,1-2H3. The molecule has 1 heterocycles. The number of benzene rings is 1. The van der Waals surface area contributed by atoms with Gasteiger partial charge in [-0.05, 0) is 23.6 Å². The van der Waals surface area contributed by atoms with Gasteiger partial charge in [-0.3, -0.25) is 0 Å². The SMILES string of the molecule is CC(C)c1ccc(C#N)cc1N1CCNCC1. The van der Waals surface area contributed by atoms with Crippen LogP contribution < -0.4 is 10.2 Å². The first-order valence-corrected chi connectivity index (χ1v) is 6.22. The molecular weight excluding hydrogens is 210 g/mol. The second kappa shape index (κ2) is 5.20. The van der Waals surface area contributed by atoms with Crippen molar-refractivity contribution in [3.8, 4) is 6.07 Å². The summed E-state index contributed by atoms with van der Waals surface area (Å²) in [6.07, 6.45) is 0. The lowest BCUT2D eigenvalue weighted by Crippen LogP contribution is -2.44. The molecule has 0 amide bonds. The molecule has 1 saturated heterocycles. The van der Waals surface area contributed by atoms with Gasteiger partial charge in [0.05, 0.1) is 11.6 Å². The predicted molar refractivity (Wildman–Crippen MR) is 70.3 cm³/mol. The molecule has 0 saturated carbocycles. The molecule has 1 N–H and O–H groups in total. The molecule has 17 heavy (non-hydrogen) atoms. The fourth-order valence-electron chi connectivity index (χ4n) is 2.28. The third kappa shape index (κ3) is 2.59. The molecule has 90 valence electrons. The summed E-state index contributed by atoms with van der Waals surface area (Å²) in [4.78, 5) is 2.38. The van der Waals surface area contributed by atoms with E-state index in [-0.39, 0.29) is 0 Å². The zero-order chi connectivity index (χ0) is 12.3. The van der Waals surface area contributed by atoms with Crippen molar-refractivity contribution in [2.24, 2.45) is 0 Å². The normalized spacial score (nSPS) is 16.0. The lowest BCUT2D eigenvalue weighted by Gasteiger charge is -2.32. The first-order chi connectivity index (χ1) is 8.22. The Hall–Kier alpha value is -1.53. The van der Waals surface area contributed by atoms with Crippen LogP contribution in [0.2, 0.25) is 0 Å². The van der Waals surface area contributed by atoms with Gasteiger partial charge in [0.25, 0.3) is 0 Å². The molecule has 1 fully saturated rings. The number of nitrogens with zero attached hydrogens (tertiary/aromatic N) is 2. The largest absolute Gasteiger partial charge is 0.369 e. The average molecular weight is 229 g/mol. The molecule has 0 atom stereocenters. The topological polar surface area (TPSA) is 39.1 Å². The van der Waals surface area contributed by atoms with Crippen molar-refractivity contribution in [2.75, 3.05) is 31.1 Å². The summed E-state index contributed by atoms with van der Waals surface area (Å²) < 4.78 is 0. The van der Waals surface area contributed by atoms with E-state index in [4.69, 9.17) is 5.26 Å². The van der Waals surface area contributed by atoms with Gasteiger partial charge in [-0.25, -0.2) is 0 Å². The van der Waals surface area contributed by atoms with E-state index in [1.807, 2.05) is 12.1 Å². The number of anilines is 1. The molecule has 0 bridgehead atoms. The van der Waals surface area contributed by atoms with Crippen molar-refractivity contribution in [2.45, 2.75) is 19.8 Å². The van der Waals surface area contributed by atoms with E-state index in [0.29, 0.717) is 5.92 Å². The Morgan fingerprint density at radius 3 is 2.59 bits per heavy atom. The highest BCUT2D eigenvalue weighted by atomic mass is 15.2. The van der Waals surface area contributed by atoms with Crippen LogP contribution in [0.4, 0.5) is 5.69 Å². The maximum absolute atomic E-state index is 9.01. The van der Waals surface area contributed by atoms with Crippen molar-refractivity contribution in [3.05, 3.63) is 29.3 Å². The van der Waals surface area contributed by atoms with Crippen molar-refractivity contribution in [3.63, 3.8) is 0 Å². The molecule has 0 aliphatic carbocycles. The number of hydrogen-bond acceptors (Lipinski definition) is 3. The quantitative estimate of drug-likeness (QED) is 0.844. The lowest BCUT2D eigenvalue weighted by molar-refractivity contribution is 0.586. The summed E-state index contributed by atoms with van der Waals surface area (Å²) >= 11 is 0. The van der Waals surface area contributed by atoms with E-state index in [1.54, 1.807) is 0 Å². The van der Waals surface area contributed by atoms with Gasteiger partial charge in [-0.15, -0.1) is 0 Å². The zero-order valence-corrected chi connectivity index (χ0v) is 10.5. The molecule has 1 aliphatic heterocycles. The van der Waals surface area contributed by atoms with Crippen LogP contribution in [0, 0.1) is 11.3 Å². The van der Waals surface area contributed by atoms with Gasteiger partial charge in [0.2, 0.25) is 0 Å². The van der Waals surface area contributed by atoms with Crippen LogP contribution >= 0.6 is 0 Å². The monoisotopic (exact) mass is 229 g/mol. The molecule has 2 rings (SSSR count). The number of rotatable bonds is 2. The first kappa shape index (κ1) is 11.9. The molecule has 0 unspecified atom stereocenters. The van der Waals surface area contributed by atoms with Gasteiger partial charge in [-0.1, -0.05) is 19.9 Å². The fourth-order valence-corrected chi connectivity index (χ4v) is 2.28. The average Bonchev–Trinajstić information content (AvgIpc) is 2.39. The molecule has 3 nitrogen and oxygen atoms in total. The third-order valence-electron chi connectivity index (χ3n) is 3.24. The summed E-state index contributed by atoms with van der Waals surface area (Å²) in [6, 6.07) is 8.27. The number of piperazine rings is 1. The summed E-state index contributed by atoms with van der Waals surface area (Å²) in [5.74, 6) is 0.493. The smallest absolute Gasteiger partial charge is 0.0992 e. The van der Waals surface area contributed by atoms with Crippen molar-refractivity contribution in [1.82, 2.24) is 5.32 Å². The highest BCUT2D eigenvalue weighted by molar-refractivity contribution is 5.59. The summed E-state index contributed by atoms with van der Waals surface area (Å²) in [7, 11) is 0. The van der Waals surface area contributed by atoms with Gasteiger partial charge in [-0.2, -0.15) is 5.26 Å². The van der Waals surface area contributed by atoms with Crippen LogP contribution in [0.1, 0.15) is 30.9 Å². The minimum Gasteiger partial charge on any atom is -0.369 e. The molecule has 3 heteroatoms. The Bertz CT molecular complexity index is 426. The van der Waals surface area contributed by atoms with Gasteiger partial charge in [0.15, 0.2) is 0 Å². The van der Waals surface area contributed by atoms with Gasteiger partial charge < -0.3 is 10.2 Å². The summed E-state index contributed by atoms with van der Waals surface area (Å²) in [5.41, 5.74) is 3.33. The van der Waals surface area contributed by atoms with Gasteiger partial charge >= 0.3 is 0 Å². The molecule has 0 spiro atoms. The van der Waals surface area contributed by atoms with Crippen molar-refractivity contribution < 1.29 is 0 Å². The van der Waals surface area contributed by atoms with E-state index in [1.165, 1.54) is 11.3 Å². The van der Waals surface area contributed by atoms with E-state index in [0.717, 1.165) is 31.7 Å². The first-order valence-electron chi connectivity index (χ1n) is 6.22. The molecule has 1 aliphatic rings. The van der Waals surface area contributed by atoms with E-state index < -0.39 is 0 Å². The third-order valence-corrected chi connectivity index (χ3v) is 3.24. The minimum atomic E-state index is 0.493. The predicted octanol–water partition coefficient (Wildman–Crippen LogP) is 2.09. The summed E-state index contributed by atoms with van der Waals surface area (Å²) in [6.45, 7) is 8.49. The molecular formula is C14H19N3. The number of nitriles is 1. The van der Waals surface area contributed by atoms with E-state index >= 15 is 0 Å². The Morgan fingerprint density at radius 2 is 2.00 bits per heavy atom. The molecule has 0 aromatic heterocycles. The molecule has 0 radical (unpaired) electrons. The van der Waals surface area contributed by atoms with Crippen LogP contribution in [0.5, 0.6) is 0 Å². The highest BCUT2D eigenvalue weighted by Gasteiger charge is 2.16. The zero-order valence-electron chi connectivity index (χ0n) is 10.5. The Kier molecular flexibility index (Phi) is 3.65. The van der Waals surface area contributed by atoms with Crippen LogP contribution in [-0.4, -0.2) is 26.2 Å². The van der Waals surface area contributed by atoms with Gasteiger partial charge in [0.1, 0.15) is 0 Å².